The predicted octanol–water partition coefficient (Wildman–Crippen LogP) is 3.12. The molecule has 1 aromatic heterocycles. The van der Waals surface area contributed by atoms with Crippen molar-refractivity contribution in [3.8, 4) is 10.4 Å². The minimum Gasteiger partial charge on any atom is -0.481 e. The number of amides is 1. The van der Waals surface area contributed by atoms with E-state index in [1.807, 2.05) is 12.1 Å². The Balaban J connectivity index is 2.08. The van der Waals surface area contributed by atoms with E-state index < -0.39 is 23.9 Å². The molecule has 6 nitrogen and oxygen atoms in total. The van der Waals surface area contributed by atoms with E-state index in [0.717, 1.165) is 10.4 Å². The lowest BCUT2D eigenvalue weighted by atomic mass is 10.1. The number of rotatable bonds is 7. The molecule has 1 unspecified atom stereocenters. The molecule has 2 rings (SSSR count). The minimum atomic E-state index is -1.26. The number of hydrogen-bond acceptors (Lipinski definition) is 4. The van der Waals surface area contributed by atoms with Gasteiger partial charge in [-0.2, -0.15) is 0 Å². The molecule has 0 aliphatic heterocycles. The smallest absolute Gasteiger partial charge is 0.326 e. The molecule has 0 saturated carbocycles. The molecule has 3 N–H and O–H groups in total. The van der Waals surface area contributed by atoms with Crippen molar-refractivity contribution in [2.24, 2.45) is 0 Å². The van der Waals surface area contributed by atoms with Gasteiger partial charge in [-0.15, -0.1) is 11.3 Å². The first-order valence-electron chi connectivity index (χ1n) is 6.98. The topological polar surface area (TPSA) is 104 Å². The van der Waals surface area contributed by atoms with Crippen LogP contribution in [0.4, 0.5) is 0 Å². The highest BCUT2D eigenvalue weighted by molar-refractivity contribution is 7.17. The van der Waals surface area contributed by atoms with Crippen LogP contribution < -0.4 is 5.32 Å². The highest BCUT2D eigenvalue weighted by atomic mass is 35.5. The summed E-state index contributed by atoms with van der Waals surface area (Å²) in [6, 6.07) is 9.24. The standard InChI is InChI=1S/C16H14ClNO5S/c17-10-3-1-9(2-4-10)12-6-7-13(24-12)15(21)18-11(16(22)23)5-8-14(19)20/h1-4,6-7,11H,5,8H2,(H,18,21)(H,19,20)(H,22,23). The highest BCUT2D eigenvalue weighted by Crippen LogP contribution is 2.29. The number of carboxylic acid groups (broad SMARTS) is 2. The summed E-state index contributed by atoms with van der Waals surface area (Å²) in [5, 5.41) is 20.7. The van der Waals surface area contributed by atoms with Gasteiger partial charge in [0.15, 0.2) is 0 Å². The van der Waals surface area contributed by atoms with Gasteiger partial charge < -0.3 is 15.5 Å². The first-order valence-corrected chi connectivity index (χ1v) is 8.17. The van der Waals surface area contributed by atoms with Gasteiger partial charge in [0.25, 0.3) is 5.91 Å². The zero-order chi connectivity index (χ0) is 17.7. The third-order valence-electron chi connectivity index (χ3n) is 3.21. The van der Waals surface area contributed by atoms with Crippen molar-refractivity contribution in [3.63, 3.8) is 0 Å². The van der Waals surface area contributed by atoms with Crippen LogP contribution in [0.2, 0.25) is 5.02 Å². The molecule has 24 heavy (non-hydrogen) atoms. The SMILES string of the molecule is O=C(O)CCC(NC(=O)c1ccc(-c2ccc(Cl)cc2)s1)C(=O)O. The Hall–Kier alpha value is -2.38. The lowest BCUT2D eigenvalue weighted by molar-refractivity contribution is -0.140. The van der Waals surface area contributed by atoms with Gasteiger partial charge in [-0.3, -0.25) is 9.59 Å². The molecule has 1 heterocycles. The van der Waals surface area contributed by atoms with Gasteiger partial charge in [-0.1, -0.05) is 23.7 Å². The molecule has 0 bridgehead atoms. The summed E-state index contributed by atoms with van der Waals surface area (Å²) in [6.45, 7) is 0. The molecule has 126 valence electrons. The van der Waals surface area contributed by atoms with Crippen molar-refractivity contribution in [1.29, 1.82) is 0 Å². The lowest BCUT2D eigenvalue weighted by Crippen LogP contribution is -2.40. The largest absolute Gasteiger partial charge is 0.481 e. The summed E-state index contributed by atoms with van der Waals surface area (Å²) in [5.74, 6) is -2.92. The van der Waals surface area contributed by atoms with Gasteiger partial charge in [0.1, 0.15) is 6.04 Å². The van der Waals surface area contributed by atoms with Crippen molar-refractivity contribution < 1.29 is 24.6 Å². The summed E-state index contributed by atoms with van der Waals surface area (Å²) < 4.78 is 0. The first kappa shape index (κ1) is 18.0. The fourth-order valence-corrected chi connectivity index (χ4v) is 3.02. The summed E-state index contributed by atoms with van der Waals surface area (Å²) >= 11 is 7.05. The fraction of sp³-hybridized carbons (Fsp3) is 0.188. The zero-order valence-electron chi connectivity index (χ0n) is 12.4. The van der Waals surface area contributed by atoms with E-state index in [2.05, 4.69) is 5.32 Å². The quantitative estimate of drug-likeness (QED) is 0.697. The second kappa shape index (κ2) is 7.94. The van der Waals surface area contributed by atoms with Gasteiger partial charge in [0.2, 0.25) is 0 Å². The molecular formula is C16H14ClNO5S. The average molecular weight is 368 g/mol. The Morgan fingerprint density at radius 1 is 1.08 bits per heavy atom. The summed E-state index contributed by atoms with van der Waals surface area (Å²) in [7, 11) is 0. The molecule has 1 atom stereocenters. The molecule has 0 aliphatic rings. The third-order valence-corrected chi connectivity index (χ3v) is 4.59. The van der Waals surface area contributed by atoms with Crippen molar-refractivity contribution in [3.05, 3.63) is 46.3 Å². The van der Waals surface area contributed by atoms with Crippen molar-refractivity contribution in [1.82, 2.24) is 5.32 Å². The van der Waals surface area contributed by atoms with E-state index in [1.165, 1.54) is 11.3 Å². The van der Waals surface area contributed by atoms with Gasteiger partial charge in [0.05, 0.1) is 4.88 Å². The number of nitrogens with one attached hydrogen (secondary N) is 1. The van der Waals surface area contributed by atoms with Gasteiger partial charge in [-0.05, 0) is 36.2 Å². The Bertz CT molecular complexity index is 756. The van der Waals surface area contributed by atoms with Crippen LogP contribution in [-0.4, -0.2) is 34.1 Å². The predicted molar refractivity (Wildman–Crippen MR) is 90.5 cm³/mol. The van der Waals surface area contributed by atoms with Crippen LogP contribution in [0.1, 0.15) is 22.5 Å². The van der Waals surface area contributed by atoms with Crippen molar-refractivity contribution in [2.75, 3.05) is 0 Å². The molecule has 0 aliphatic carbocycles. The molecule has 0 saturated heterocycles. The van der Waals surface area contributed by atoms with Gasteiger partial charge >= 0.3 is 11.9 Å². The van der Waals surface area contributed by atoms with Crippen LogP contribution in [0.5, 0.6) is 0 Å². The summed E-state index contributed by atoms with van der Waals surface area (Å²) in [6.07, 6.45) is -0.510. The lowest BCUT2D eigenvalue weighted by Gasteiger charge is -2.12. The van der Waals surface area contributed by atoms with Gasteiger partial charge in [0, 0.05) is 16.3 Å². The van der Waals surface area contributed by atoms with Crippen LogP contribution in [0.25, 0.3) is 10.4 Å². The monoisotopic (exact) mass is 367 g/mol. The molecule has 1 aromatic carbocycles. The van der Waals surface area contributed by atoms with E-state index in [0.29, 0.717) is 9.90 Å². The Labute approximate surface area is 146 Å². The first-order chi connectivity index (χ1) is 11.4. The minimum absolute atomic E-state index is 0.175. The zero-order valence-corrected chi connectivity index (χ0v) is 13.9. The van der Waals surface area contributed by atoms with Crippen LogP contribution in [0.15, 0.2) is 36.4 Å². The van der Waals surface area contributed by atoms with Crippen LogP contribution in [0.3, 0.4) is 0 Å². The third kappa shape index (κ3) is 4.81. The maximum Gasteiger partial charge on any atom is 0.326 e. The number of thiophene rings is 1. The maximum atomic E-state index is 12.2. The Morgan fingerprint density at radius 2 is 1.75 bits per heavy atom. The van der Waals surface area contributed by atoms with Crippen molar-refractivity contribution >= 4 is 40.8 Å². The number of carbonyl (C=O) groups excluding carboxylic acids is 1. The normalized spacial score (nSPS) is 11.7. The number of benzene rings is 1. The van der Waals surface area contributed by atoms with Crippen LogP contribution >= 0.6 is 22.9 Å². The molecule has 0 spiro atoms. The van der Waals surface area contributed by atoms with Crippen molar-refractivity contribution in [2.45, 2.75) is 18.9 Å². The molecule has 1 amide bonds. The number of aliphatic carboxylic acids is 2. The van der Waals surface area contributed by atoms with E-state index >= 15 is 0 Å². The summed E-state index contributed by atoms with van der Waals surface area (Å²) in [5.41, 5.74) is 0.893. The molecule has 0 radical (unpaired) electrons. The highest BCUT2D eigenvalue weighted by Gasteiger charge is 2.22. The second-order valence-corrected chi connectivity index (χ2v) is 6.49. The van der Waals surface area contributed by atoms with E-state index in [4.69, 9.17) is 21.8 Å². The van der Waals surface area contributed by atoms with Crippen LogP contribution in [0, 0.1) is 0 Å². The number of halogens is 1. The summed E-state index contributed by atoms with van der Waals surface area (Å²) in [4.78, 5) is 35.0. The number of hydrogen-bond donors (Lipinski definition) is 3. The van der Waals surface area contributed by atoms with E-state index in [1.54, 1.807) is 24.3 Å². The number of carboxylic acids is 2. The van der Waals surface area contributed by atoms with E-state index in [-0.39, 0.29) is 12.8 Å². The Kier molecular flexibility index (Phi) is 5.94. The fourth-order valence-electron chi connectivity index (χ4n) is 1.98. The van der Waals surface area contributed by atoms with Crippen LogP contribution in [-0.2, 0) is 9.59 Å². The molecule has 8 heteroatoms. The van der Waals surface area contributed by atoms with Gasteiger partial charge in [-0.25, -0.2) is 4.79 Å². The maximum absolute atomic E-state index is 12.2. The molecule has 0 fully saturated rings. The second-order valence-electron chi connectivity index (χ2n) is 4.97. The Morgan fingerprint density at radius 3 is 2.33 bits per heavy atom. The number of carbonyl (C=O) groups is 3. The molecular weight excluding hydrogens is 354 g/mol. The average Bonchev–Trinajstić information content (AvgIpc) is 3.01. The molecule has 2 aromatic rings. The van der Waals surface area contributed by atoms with E-state index in [9.17, 15) is 14.4 Å².